The fraction of sp³-hybridized carbons (Fsp3) is 0.455. The molecule has 0 fully saturated rings. The minimum atomic E-state index is -0.382. The van der Waals surface area contributed by atoms with E-state index in [2.05, 4.69) is 0 Å². The molecule has 0 amide bonds. The van der Waals surface area contributed by atoms with Crippen LogP contribution in [0.2, 0.25) is 0 Å². The average Bonchev–Trinajstić information content (AvgIpc) is 2.18. The fourth-order valence-electron chi connectivity index (χ4n) is 1.17. The fourth-order valence-corrected chi connectivity index (χ4v) is 1.17. The Morgan fingerprint density at radius 3 is 2.15 bits per heavy atom. The molecule has 1 aromatic carbocycles. The molecule has 1 nitrogen and oxygen atoms in total. The zero-order chi connectivity index (χ0) is 9.90. The second kappa shape index (κ2) is 3.88. The van der Waals surface area contributed by atoms with Crippen LogP contribution in [0.25, 0.3) is 0 Å². The van der Waals surface area contributed by atoms with E-state index in [-0.39, 0.29) is 12.1 Å². The first-order valence-electron chi connectivity index (χ1n) is 4.45. The van der Waals surface area contributed by atoms with Crippen LogP contribution in [0.5, 0.6) is 0 Å². The van der Waals surface area contributed by atoms with Crippen molar-refractivity contribution in [2.75, 3.05) is 6.67 Å². The van der Waals surface area contributed by atoms with Crippen molar-refractivity contribution in [3.8, 4) is 0 Å². The van der Waals surface area contributed by atoms with Crippen LogP contribution in [0.15, 0.2) is 24.3 Å². The maximum atomic E-state index is 12.6. The monoisotopic (exact) mass is 181 g/mol. The number of hydrogen-bond donors (Lipinski definition) is 1. The smallest absolute Gasteiger partial charge is 0.0985 e. The minimum Gasteiger partial charge on any atom is -0.326 e. The Balaban J connectivity index is 2.92. The lowest BCUT2D eigenvalue weighted by Crippen LogP contribution is -2.19. The molecule has 1 rings (SSSR count). The molecule has 0 unspecified atom stereocenters. The van der Waals surface area contributed by atoms with E-state index >= 15 is 0 Å². The van der Waals surface area contributed by atoms with Crippen molar-refractivity contribution in [2.24, 2.45) is 5.73 Å². The molecular formula is C11H16FN. The van der Waals surface area contributed by atoms with Gasteiger partial charge in [0, 0.05) is 12.0 Å². The highest BCUT2D eigenvalue weighted by atomic mass is 19.1. The highest BCUT2D eigenvalue weighted by molar-refractivity contribution is 5.28. The molecule has 0 spiro atoms. The number of hydrogen-bond acceptors (Lipinski definition) is 1. The molecule has 13 heavy (non-hydrogen) atoms. The summed E-state index contributed by atoms with van der Waals surface area (Å²) in [5, 5.41) is 0. The van der Waals surface area contributed by atoms with E-state index < -0.39 is 0 Å². The maximum absolute atomic E-state index is 12.6. The zero-order valence-electron chi connectivity index (χ0n) is 8.18. The van der Waals surface area contributed by atoms with Gasteiger partial charge in [-0.15, -0.1) is 0 Å². The summed E-state index contributed by atoms with van der Waals surface area (Å²) in [6.07, 6.45) is 0. The van der Waals surface area contributed by atoms with Crippen molar-refractivity contribution in [3.05, 3.63) is 35.4 Å². The van der Waals surface area contributed by atoms with E-state index in [1.807, 2.05) is 38.1 Å². The molecule has 2 heteroatoms. The van der Waals surface area contributed by atoms with Crippen LogP contribution in [-0.2, 0) is 12.0 Å². The quantitative estimate of drug-likeness (QED) is 0.761. The van der Waals surface area contributed by atoms with Gasteiger partial charge in [0.05, 0.1) is 6.67 Å². The van der Waals surface area contributed by atoms with E-state index in [1.165, 1.54) is 0 Å². The van der Waals surface area contributed by atoms with Gasteiger partial charge in [0.1, 0.15) is 0 Å². The lowest BCUT2D eigenvalue weighted by atomic mass is 9.86. The molecule has 0 atom stereocenters. The molecule has 2 N–H and O–H groups in total. The van der Waals surface area contributed by atoms with Crippen LogP contribution in [0.1, 0.15) is 25.0 Å². The van der Waals surface area contributed by atoms with Gasteiger partial charge in [-0.2, -0.15) is 0 Å². The third-order valence-corrected chi connectivity index (χ3v) is 2.31. The summed E-state index contributed by atoms with van der Waals surface area (Å²) in [5.74, 6) is 0. The van der Waals surface area contributed by atoms with Crippen molar-refractivity contribution in [2.45, 2.75) is 25.8 Å². The van der Waals surface area contributed by atoms with Crippen molar-refractivity contribution in [1.29, 1.82) is 0 Å². The van der Waals surface area contributed by atoms with Gasteiger partial charge < -0.3 is 5.73 Å². The van der Waals surface area contributed by atoms with Crippen molar-refractivity contribution >= 4 is 0 Å². The predicted molar refractivity (Wildman–Crippen MR) is 53.3 cm³/mol. The molecule has 0 aliphatic heterocycles. The molecule has 0 saturated carbocycles. The normalized spacial score (nSPS) is 11.7. The molecule has 0 heterocycles. The van der Waals surface area contributed by atoms with Gasteiger partial charge >= 0.3 is 0 Å². The maximum Gasteiger partial charge on any atom is 0.0985 e. The molecular weight excluding hydrogens is 165 g/mol. The van der Waals surface area contributed by atoms with Crippen molar-refractivity contribution < 1.29 is 4.39 Å². The summed E-state index contributed by atoms with van der Waals surface area (Å²) in [5.41, 5.74) is 7.19. The number of rotatable bonds is 3. The Morgan fingerprint density at radius 1 is 1.23 bits per heavy atom. The molecule has 0 saturated heterocycles. The Bertz CT molecular complexity index is 264. The zero-order valence-corrected chi connectivity index (χ0v) is 8.18. The number of halogens is 1. The molecule has 1 aromatic rings. The first kappa shape index (κ1) is 10.2. The largest absolute Gasteiger partial charge is 0.326 e. The van der Waals surface area contributed by atoms with Gasteiger partial charge in [-0.1, -0.05) is 38.1 Å². The second-order valence-corrected chi connectivity index (χ2v) is 3.92. The molecule has 0 radical (unpaired) electrons. The van der Waals surface area contributed by atoms with Crippen LogP contribution >= 0.6 is 0 Å². The first-order valence-corrected chi connectivity index (χ1v) is 4.45. The molecule has 0 bridgehead atoms. The van der Waals surface area contributed by atoms with Gasteiger partial charge in [-0.05, 0) is 11.1 Å². The van der Waals surface area contributed by atoms with E-state index in [9.17, 15) is 4.39 Å². The SMILES string of the molecule is CC(C)(CF)c1ccc(CN)cc1. The summed E-state index contributed by atoms with van der Waals surface area (Å²) in [6, 6.07) is 7.79. The Kier molecular flexibility index (Phi) is 3.04. The van der Waals surface area contributed by atoms with Crippen molar-refractivity contribution in [1.82, 2.24) is 0 Å². The summed E-state index contributed by atoms with van der Waals surface area (Å²) in [6.45, 7) is 3.99. The lowest BCUT2D eigenvalue weighted by molar-refractivity contribution is 0.351. The highest BCUT2D eigenvalue weighted by Gasteiger charge is 2.19. The summed E-state index contributed by atoms with van der Waals surface area (Å²) in [4.78, 5) is 0. The third kappa shape index (κ3) is 2.28. The van der Waals surface area contributed by atoms with Crippen molar-refractivity contribution in [3.63, 3.8) is 0 Å². The number of benzene rings is 1. The lowest BCUT2D eigenvalue weighted by Gasteiger charge is -2.21. The van der Waals surface area contributed by atoms with E-state index in [0.717, 1.165) is 11.1 Å². The Hall–Kier alpha value is -0.890. The van der Waals surface area contributed by atoms with Gasteiger partial charge in [0.2, 0.25) is 0 Å². The van der Waals surface area contributed by atoms with Crippen LogP contribution in [0.3, 0.4) is 0 Å². The second-order valence-electron chi connectivity index (χ2n) is 3.92. The predicted octanol–water partition coefficient (Wildman–Crippen LogP) is 2.39. The average molecular weight is 181 g/mol. The van der Waals surface area contributed by atoms with Gasteiger partial charge in [0.25, 0.3) is 0 Å². The molecule has 0 aliphatic carbocycles. The van der Waals surface area contributed by atoms with Crippen LogP contribution in [-0.4, -0.2) is 6.67 Å². The topological polar surface area (TPSA) is 26.0 Å². The summed E-state index contributed by atoms with van der Waals surface area (Å²) >= 11 is 0. The molecule has 72 valence electrons. The van der Waals surface area contributed by atoms with E-state index in [1.54, 1.807) is 0 Å². The van der Waals surface area contributed by atoms with Gasteiger partial charge in [-0.25, -0.2) is 0 Å². The van der Waals surface area contributed by atoms with Crippen LogP contribution < -0.4 is 5.73 Å². The highest BCUT2D eigenvalue weighted by Crippen LogP contribution is 2.23. The van der Waals surface area contributed by atoms with Crippen LogP contribution in [0.4, 0.5) is 4.39 Å². The standard InChI is InChI=1S/C11H16FN/c1-11(2,8-12)10-5-3-9(7-13)4-6-10/h3-6H,7-8,13H2,1-2H3. The Morgan fingerprint density at radius 2 is 1.77 bits per heavy atom. The third-order valence-electron chi connectivity index (χ3n) is 2.31. The molecule has 0 aliphatic rings. The Labute approximate surface area is 78.8 Å². The van der Waals surface area contributed by atoms with Gasteiger partial charge in [0.15, 0.2) is 0 Å². The summed E-state index contributed by atoms with van der Waals surface area (Å²) < 4.78 is 12.6. The van der Waals surface area contributed by atoms with E-state index in [0.29, 0.717) is 6.54 Å². The van der Waals surface area contributed by atoms with E-state index in [4.69, 9.17) is 5.73 Å². The number of alkyl halides is 1. The summed E-state index contributed by atoms with van der Waals surface area (Å²) in [7, 11) is 0. The first-order chi connectivity index (χ1) is 6.10. The minimum absolute atomic E-state index is 0.338. The molecule has 0 aromatic heterocycles. The number of nitrogens with two attached hydrogens (primary N) is 1. The van der Waals surface area contributed by atoms with Crippen LogP contribution in [0, 0.1) is 0 Å². The van der Waals surface area contributed by atoms with Gasteiger partial charge in [-0.3, -0.25) is 4.39 Å².